The first-order valence-corrected chi connectivity index (χ1v) is 8.78. The second-order valence-corrected chi connectivity index (χ2v) is 7.08. The summed E-state index contributed by atoms with van der Waals surface area (Å²) in [6.07, 6.45) is 0.185. The van der Waals surface area contributed by atoms with E-state index in [-0.39, 0.29) is 12.4 Å². The average molecular weight is 375 g/mol. The summed E-state index contributed by atoms with van der Waals surface area (Å²) in [6.45, 7) is 6.15. The summed E-state index contributed by atoms with van der Waals surface area (Å²) in [5.74, 6) is 0.864. The normalized spacial score (nSPS) is 11.0. The van der Waals surface area contributed by atoms with Gasteiger partial charge in [-0.25, -0.2) is 9.18 Å². The molecule has 1 N–H and O–H groups in total. The van der Waals surface area contributed by atoms with Crippen LogP contribution < -0.4 is 14.8 Å². The van der Waals surface area contributed by atoms with E-state index >= 15 is 0 Å². The minimum atomic E-state index is -0.520. The van der Waals surface area contributed by atoms with Crippen molar-refractivity contribution in [1.29, 1.82) is 0 Å². The quantitative estimate of drug-likeness (QED) is 0.775. The maximum Gasteiger partial charge on any atom is 0.407 e. The van der Waals surface area contributed by atoms with E-state index < -0.39 is 11.7 Å². The van der Waals surface area contributed by atoms with Crippen molar-refractivity contribution in [3.63, 3.8) is 0 Å². The van der Waals surface area contributed by atoms with Gasteiger partial charge >= 0.3 is 6.09 Å². The van der Waals surface area contributed by atoms with Gasteiger partial charge in [0.15, 0.2) is 11.5 Å². The lowest BCUT2D eigenvalue weighted by atomic mass is 10.1. The highest BCUT2D eigenvalue weighted by Gasteiger charge is 2.15. The molecular formula is C21H26FNO4. The fourth-order valence-electron chi connectivity index (χ4n) is 2.40. The van der Waals surface area contributed by atoms with Crippen molar-refractivity contribution in [1.82, 2.24) is 5.32 Å². The van der Waals surface area contributed by atoms with Gasteiger partial charge in [-0.05, 0) is 62.6 Å². The van der Waals surface area contributed by atoms with Gasteiger partial charge in [-0.2, -0.15) is 0 Å². The number of rotatable bonds is 7. The van der Waals surface area contributed by atoms with Crippen molar-refractivity contribution >= 4 is 6.09 Å². The number of carbonyl (C=O) groups excluding carboxylic acids is 1. The Bertz CT molecular complexity index is 771. The molecule has 0 aliphatic heterocycles. The molecule has 0 spiro atoms. The third-order valence-corrected chi connectivity index (χ3v) is 3.59. The van der Waals surface area contributed by atoms with Gasteiger partial charge in [0.2, 0.25) is 0 Å². The Morgan fingerprint density at radius 1 is 1.07 bits per heavy atom. The monoisotopic (exact) mass is 375 g/mol. The standard InChI is InChI=1S/C21H26FNO4/c1-21(2,3)27-20(24)23-11-10-15-8-9-18(19(13-15)25-4)26-14-16-6-5-7-17(22)12-16/h5-9,12-13H,10-11,14H2,1-4H3,(H,23,24). The number of methoxy groups -OCH3 is 1. The summed E-state index contributed by atoms with van der Waals surface area (Å²) in [5.41, 5.74) is 1.21. The van der Waals surface area contributed by atoms with Gasteiger partial charge in [-0.1, -0.05) is 18.2 Å². The van der Waals surface area contributed by atoms with E-state index in [9.17, 15) is 9.18 Å². The number of benzene rings is 2. The van der Waals surface area contributed by atoms with Gasteiger partial charge in [-0.15, -0.1) is 0 Å². The Kier molecular flexibility index (Phi) is 7.05. The minimum absolute atomic E-state index is 0.244. The van der Waals surface area contributed by atoms with Crippen LogP contribution in [0.15, 0.2) is 42.5 Å². The smallest absolute Gasteiger partial charge is 0.407 e. The zero-order chi connectivity index (χ0) is 19.9. The average Bonchev–Trinajstić information content (AvgIpc) is 2.59. The first kappa shape index (κ1) is 20.6. The summed E-state index contributed by atoms with van der Waals surface area (Å²) in [6, 6.07) is 11.8. The van der Waals surface area contributed by atoms with Crippen LogP contribution in [0.1, 0.15) is 31.9 Å². The van der Waals surface area contributed by atoms with Crippen molar-refractivity contribution in [3.05, 3.63) is 59.4 Å². The highest BCUT2D eigenvalue weighted by atomic mass is 19.1. The second-order valence-electron chi connectivity index (χ2n) is 7.08. The van der Waals surface area contributed by atoms with E-state index in [0.29, 0.717) is 24.5 Å². The fraction of sp³-hybridized carbons (Fsp3) is 0.381. The highest BCUT2D eigenvalue weighted by Crippen LogP contribution is 2.29. The van der Waals surface area contributed by atoms with Crippen molar-refractivity contribution in [2.24, 2.45) is 0 Å². The van der Waals surface area contributed by atoms with Gasteiger partial charge in [0.25, 0.3) is 0 Å². The van der Waals surface area contributed by atoms with Crippen molar-refractivity contribution in [2.75, 3.05) is 13.7 Å². The zero-order valence-electron chi connectivity index (χ0n) is 16.2. The van der Waals surface area contributed by atoms with Crippen LogP contribution in [0, 0.1) is 5.82 Å². The molecule has 2 rings (SSSR count). The van der Waals surface area contributed by atoms with Crippen LogP contribution in [-0.4, -0.2) is 25.3 Å². The van der Waals surface area contributed by atoms with Crippen LogP contribution in [0.4, 0.5) is 9.18 Å². The lowest BCUT2D eigenvalue weighted by Crippen LogP contribution is -2.33. The van der Waals surface area contributed by atoms with Crippen LogP contribution in [-0.2, 0) is 17.8 Å². The minimum Gasteiger partial charge on any atom is -0.493 e. The van der Waals surface area contributed by atoms with Crippen LogP contribution in [0.3, 0.4) is 0 Å². The predicted octanol–water partition coefficient (Wildman–Crippen LogP) is 4.48. The largest absolute Gasteiger partial charge is 0.493 e. The molecule has 2 aromatic carbocycles. The first-order valence-electron chi connectivity index (χ1n) is 8.78. The molecule has 2 aromatic rings. The number of nitrogens with one attached hydrogen (secondary N) is 1. The second kappa shape index (κ2) is 9.26. The summed E-state index contributed by atoms with van der Waals surface area (Å²) < 4.78 is 29.6. The molecule has 0 saturated carbocycles. The number of carbonyl (C=O) groups is 1. The number of amides is 1. The van der Waals surface area contributed by atoms with Crippen LogP contribution in [0.2, 0.25) is 0 Å². The van der Waals surface area contributed by atoms with E-state index in [1.165, 1.54) is 12.1 Å². The summed E-state index contributed by atoms with van der Waals surface area (Å²) >= 11 is 0. The summed E-state index contributed by atoms with van der Waals surface area (Å²) in [4.78, 5) is 11.7. The number of ether oxygens (including phenoxy) is 3. The maximum absolute atomic E-state index is 13.2. The van der Waals surface area contributed by atoms with Crippen molar-refractivity contribution < 1.29 is 23.4 Å². The van der Waals surface area contributed by atoms with Gasteiger partial charge in [0, 0.05) is 6.54 Å². The lowest BCUT2D eigenvalue weighted by molar-refractivity contribution is 0.0528. The van der Waals surface area contributed by atoms with Crippen molar-refractivity contribution in [2.45, 2.75) is 39.4 Å². The number of hydrogen-bond donors (Lipinski definition) is 1. The topological polar surface area (TPSA) is 56.8 Å². The molecule has 0 aliphatic carbocycles. The third-order valence-electron chi connectivity index (χ3n) is 3.59. The van der Waals surface area contributed by atoms with Gasteiger partial charge in [-0.3, -0.25) is 0 Å². The molecule has 0 unspecified atom stereocenters. The molecule has 27 heavy (non-hydrogen) atoms. The predicted molar refractivity (Wildman–Crippen MR) is 102 cm³/mol. The molecule has 0 radical (unpaired) electrons. The van der Waals surface area contributed by atoms with E-state index in [1.807, 2.05) is 32.9 Å². The SMILES string of the molecule is COc1cc(CCNC(=O)OC(C)(C)C)ccc1OCc1cccc(F)c1. The molecule has 1 amide bonds. The molecule has 0 aromatic heterocycles. The van der Waals surface area contributed by atoms with Crippen LogP contribution >= 0.6 is 0 Å². The molecule has 5 nitrogen and oxygen atoms in total. The third kappa shape index (κ3) is 7.17. The fourth-order valence-corrected chi connectivity index (χ4v) is 2.40. The van der Waals surface area contributed by atoms with Crippen LogP contribution in [0.25, 0.3) is 0 Å². The van der Waals surface area contributed by atoms with Gasteiger partial charge in [0.1, 0.15) is 18.0 Å². The molecule has 6 heteroatoms. The van der Waals surface area contributed by atoms with Crippen molar-refractivity contribution in [3.8, 4) is 11.5 Å². The molecule has 0 bridgehead atoms. The highest BCUT2D eigenvalue weighted by molar-refractivity contribution is 5.67. The molecule has 0 saturated heterocycles. The molecule has 0 aliphatic rings. The number of hydrogen-bond acceptors (Lipinski definition) is 4. The Labute approximate surface area is 159 Å². The Morgan fingerprint density at radius 2 is 1.85 bits per heavy atom. The molecule has 0 heterocycles. The number of halogens is 1. The summed E-state index contributed by atoms with van der Waals surface area (Å²) in [5, 5.41) is 2.72. The summed E-state index contributed by atoms with van der Waals surface area (Å²) in [7, 11) is 1.56. The molecule has 0 fully saturated rings. The van der Waals surface area contributed by atoms with E-state index in [0.717, 1.165) is 11.1 Å². The number of alkyl carbamates (subject to hydrolysis) is 1. The van der Waals surface area contributed by atoms with E-state index in [1.54, 1.807) is 25.3 Å². The van der Waals surface area contributed by atoms with E-state index in [4.69, 9.17) is 14.2 Å². The first-order chi connectivity index (χ1) is 12.8. The molecule has 0 atom stereocenters. The maximum atomic E-state index is 13.2. The Hall–Kier alpha value is -2.76. The Balaban J connectivity index is 1.90. The lowest BCUT2D eigenvalue weighted by Gasteiger charge is -2.19. The van der Waals surface area contributed by atoms with Gasteiger partial charge in [0.05, 0.1) is 7.11 Å². The van der Waals surface area contributed by atoms with Crippen LogP contribution in [0.5, 0.6) is 11.5 Å². The molecule has 146 valence electrons. The van der Waals surface area contributed by atoms with Gasteiger partial charge < -0.3 is 19.5 Å². The Morgan fingerprint density at radius 3 is 2.52 bits per heavy atom. The van der Waals surface area contributed by atoms with E-state index in [2.05, 4.69) is 5.32 Å². The molecular weight excluding hydrogens is 349 g/mol. The zero-order valence-corrected chi connectivity index (χ0v) is 16.2.